The van der Waals surface area contributed by atoms with Crippen LogP contribution in [0.2, 0.25) is 0 Å². The number of thioether (sulfide) groups is 1. The summed E-state index contributed by atoms with van der Waals surface area (Å²) in [7, 11) is 0. The molecular formula is C13H26N2OS. The van der Waals surface area contributed by atoms with Crippen molar-refractivity contribution in [2.24, 2.45) is 0 Å². The van der Waals surface area contributed by atoms with E-state index in [0.717, 1.165) is 45.6 Å². The molecule has 4 heteroatoms. The summed E-state index contributed by atoms with van der Waals surface area (Å²) < 4.78 is 0.408. The number of nitrogens with zero attached hydrogens (tertiary/aromatic N) is 1. The van der Waals surface area contributed by atoms with Crippen LogP contribution in [0.4, 0.5) is 0 Å². The van der Waals surface area contributed by atoms with E-state index in [1.807, 2.05) is 0 Å². The molecule has 2 aliphatic rings. The molecule has 0 aromatic heterocycles. The van der Waals surface area contributed by atoms with Gasteiger partial charge in [0.1, 0.15) is 0 Å². The van der Waals surface area contributed by atoms with Crippen molar-refractivity contribution in [1.29, 1.82) is 0 Å². The highest BCUT2D eigenvalue weighted by atomic mass is 32.2. The largest absolute Gasteiger partial charge is 0.388 e. The van der Waals surface area contributed by atoms with E-state index in [1.54, 1.807) is 0 Å². The molecule has 2 aliphatic heterocycles. The minimum Gasteiger partial charge on any atom is -0.388 e. The van der Waals surface area contributed by atoms with E-state index >= 15 is 0 Å². The fourth-order valence-electron chi connectivity index (χ4n) is 2.69. The molecule has 0 spiro atoms. The zero-order chi connectivity index (χ0) is 12.4. The molecule has 0 aliphatic carbocycles. The van der Waals surface area contributed by atoms with E-state index in [1.165, 1.54) is 12.2 Å². The van der Waals surface area contributed by atoms with Gasteiger partial charge < -0.3 is 10.4 Å². The van der Waals surface area contributed by atoms with Crippen LogP contribution in [0, 0.1) is 0 Å². The Morgan fingerprint density at radius 2 is 1.88 bits per heavy atom. The van der Waals surface area contributed by atoms with Crippen LogP contribution in [0.15, 0.2) is 0 Å². The summed E-state index contributed by atoms with van der Waals surface area (Å²) in [5.74, 6) is 1.20. The topological polar surface area (TPSA) is 35.5 Å². The van der Waals surface area contributed by atoms with Gasteiger partial charge in [-0.05, 0) is 38.9 Å². The summed E-state index contributed by atoms with van der Waals surface area (Å²) in [6, 6.07) is 0. The molecule has 0 bridgehead atoms. The van der Waals surface area contributed by atoms with Crippen molar-refractivity contribution in [3.63, 3.8) is 0 Å². The summed E-state index contributed by atoms with van der Waals surface area (Å²) >= 11 is 2.07. The molecule has 2 N–H and O–H groups in total. The summed E-state index contributed by atoms with van der Waals surface area (Å²) in [5.41, 5.74) is -0.440. The van der Waals surface area contributed by atoms with Crippen LogP contribution in [-0.4, -0.2) is 58.8 Å². The van der Waals surface area contributed by atoms with Gasteiger partial charge in [-0.3, -0.25) is 4.90 Å². The van der Waals surface area contributed by atoms with Crippen LogP contribution in [0.3, 0.4) is 0 Å². The van der Waals surface area contributed by atoms with Crippen molar-refractivity contribution < 1.29 is 5.11 Å². The van der Waals surface area contributed by atoms with E-state index in [4.69, 9.17) is 0 Å². The summed E-state index contributed by atoms with van der Waals surface area (Å²) in [6.07, 6.45) is 3.03. The second kappa shape index (κ2) is 5.47. The highest BCUT2D eigenvalue weighted by Crippen LogP contribution is 2.31. The first kappa shape index (κ1) is 13.7. The average molecular weight is 258 g/mol. The van der Waals surface area contributed by atoms with E-state index in [9.17, 15) is 5.11 Å². The number of hydrogen-bond donors (Lipinski definition) is 2. The molecule has 2 rings (SSSR count). The van der Waals surface area contributed by atoms with E-state index < -0.39 is 5.60 Å². The number of nitrogens with one attached hydrogen (secondary N) is 1. The van der Waals surface area contributed by atoms with Crippen LogP contribution in [0.25, 0.3) is 0 Å². The first-order valence-corrected chi connectivity index (χ1v) is 7.77. The Labute approximate surface area is 109 Å². The van der Waals surface area contributed by atoms with Crippen molar-refractivity contribution >= 4 is 11.8 Å². The minimum atomic E-state index is -0.440. The molecule has 0 saturated carbocycles. The maximum absolute atomic E-state index is 10.6. The maximum Gasteiger partial charge on any atom is 0.0798 e. The van der Waals surface area contributed by atoms with Gasteiger partial charge >= 0.3 is 0 Å². The van der Waals surface area contributed by atoms with Gasteiger partial charge in [0.05, 0.1) is 5.60 Å². The lowest BCUT2D eigenvalue weighted by Crippen LogP contribution is -2.50. The molecule has 100 valence electrons. The molecule has 0 aromatic rings. The van der Waals surface area contributed by atoms with Crippen molar-refractivity contribution in [1.82, 2.24) is 10.2 Å². The first-order valence-electron chi connectivity index (χ1n) is 6.79. The molecule has 0 amide bonds. The molecule has 0 radical (unpaired) electrons. The minimum absolute atomic E-state index is 0.408. The Bertz CT molecular complexity index is 252. The van der Waals surface area contributed by atoms with Crippen LogP contribution >= 0.6 is 11.8 Å². The third-order valence-corrected chi connectivity index (χ3v) is 5.35. The standard InChI is InChI=1S/C13H26N2OS/c1-12(2)5-8-15(9-10-17-12)11-13(16)3-6-14-7-4-13/h14,16H,3-11H2,1-2H3. The number of aliphatic hydroxyl groups is 1. The fraction of sp³-hybridized carbons (Fsp3) is 1.00. The molecule has 2 fully saturated rings. The van der Waals surface area contributed by atoms with Crippen LogP contribution in [0.1, 0.15) is 33.1 Å². The summed E-state index contributed by atoms with van der Waals surface area (Å²) in [5, 5.41) is 13.9. The molecule has 3 nitrogen and oxygen atoms in total. The molecule has 0 aromatic carbocycles. The van der Waals surface area contributed by atoms with Crippen LogP contribution < -0.4 is 5.32 Å². The fourth-order valence-corrected chi connectivity index (χ4v) is 3.82. The van der Waals surface area contributed by atoms with Crippen molar-refractivity contribution in [3.05, 3.63) is 0 Å². The van der Waals surface area contributed by atoms with Crippen LogP contribution in [0.5, 0.6) is 0 Å². The van der Waals surface area contributed by atoms with E-state index in [0.29, 0.717) is 4.75 Å². The van der Waals surface area contributed by atoms with Gasteiger partial charge in [0.15, 0.2) is 0 Å². The van der Waals surface area contributed by atoms with Gasteiger partial charge in [0.25, 0.3) is 0 Å². The molecule has 17 heavy (non-hydrogen) atoms. The van der Waals surface area contributed by atoms with Crippen molar-refractivity contribution in [3.8, 4) is 0 Å². The van der Waals surface area contributed by atoms with Crippen molar-refractivity contribution in [2.45, 2.75) is 43.5 Å². The Morgan fingerprint density at radius 3 is 2.59 bits per heavy atom. The maximum atomic E-state index is 10.6. The second-order valence-electron chi connectivity index (χ2n) is 6.11. The van der Waals surface area contributed by atoms with Gasteiger partial charge in [-0.15, -0.1) is 0 Å². The predicted octanol–water partition coefficient (Wildman–Crippen LogP) is 1.32. The number of β-amino-alcohol motifs (C(OH)–C–C–N with tert-alkyl or cyclic N) is 1. The Balaban J connectivity index is 1.86. The second-order valence-corrected chi connectivity index (χ2v) is 7.91. The lowest BCUT2D eigenvalue weighted by Gasteiger charge is -2.37. The molecule has 2 heterocycles. The third kappa shape index (κ3) is 4.12. The van der Waals surface area contributed by atoms with Gasteiger partial charge in [0.2, 0.25) is 0 Å². The Hall–Kier alpha value is 0.230. The normalized spacial score (nSPS) is 29.8. The number of rotatable bonds is 2. The monoisotopic (exact) mass is 258 g/mol. The average Bonchev–Trinajstić information content (AvgIpc) is 2.41. The Kier molecular flexibility index (Phi) is 4.40. The molecule has 2 saturated heterocycles. The van der Waals surface area contributed by atoms with Gasteiger partial charge in [-0.1, -0.05) is 13.8 Å². The van der Waals surface area contributed by atoms with Crippen molar-refractivity contribution in [2.75, 3.05) is 38.5 Å². The number of hydrogen-bond acceptors (Lipinski definition) is 4. The summed E-state index contributed by atoms with van der Waals surface area (Å²) in [6.45, 7) is 9.72. The Morgan fingerprint density at radius 1 is 1.18 bits per heavy atom. The number of piperidine rings is 1. The molecular weight excluding hydrogens is 232 g/mol. The highest BCUT2D eigenvalue weighted by Gasteiger charge is 2.33. The third-order valence-electron chi connectivity index (χ3n) is 3.98. The molecule has 0 unspecified atom stereocenters. The van der Waals surface area contributed by atoms with E-state index in [-0.39, 0.29) is 0 Å². The highest BCUT2D eigenvalue weighted by molar-refractivity contribution is 8.00. The predicted molar refractivity (Wildman–Crippen MR) is 74.6 cm³/mol. The summed E-state index contributed by atoms with van der Waals surface area (Å²) in [4.78, 5) is 2.47. The lowest BCUT2D eigenvalue weighted by molar-refractivity contribution is -0.0197. The van der Waals surface area contributed by atoms with Crippen LogP contribution in [-0.2, 0) is 0 Å². The zero-order valence-corrected chi connectivity index (χ0v) is 12.0. The van der Waals surface area contributed by atoms with Gasteiger partial charge in [-0.2, -0.15) is 11.8 Å². The quantitative estimate of drug-likeness (QED) is 0.783. The van der Waals surface area contributed by atoms with Gasteiger partial charge in [0, 0.05) is 23.6 Å². The lowest BCUT2D eigenvalue weighted by atomic mass is 9.91. The molecule has 0 atom stereocenters. The SMILES string of the molecule is CC1(C)CCN(CC2(O)CCNCC2)CCS1. The van der Waals surface area contributed by atoms with E-state index in [2.05, 4.69) is 35.8 Å². The first-order chi connectivity index (χ1) is 7.99. The smallest absolute Gasteiger partial charge is 0.0798 e. The zero-order valence-electron chi connectivity index (χ0n) is 11.2. The van der Waals surface area contributed by atoms with Gasteiger partial charge in [-0.25, -0.2) is 0 Å².